The molecule has 29 heavy (non-hydrogen) atoms. The third-order valence-electron chi connectivity index (χ3n) is 4.07. The lowest BCUT2D eigenvalue weighted by Gasteiger charge is -2.25. The largest absolute Gasteiger partial charge is 0.321 e. The van der Waals surface area contributed by atoms with E-state index in [4.69, 9.17) is 23.2 Å². The van der Waals surface area contributed by atoms with Gasteiger partial charge >= 0.3 is 0 Å². The summed E-state index contributed by atoms with van der Waals surface area (Å²) in [5.41, 5.74) is 0.708. The van der Waals surface area contributed by atoms with E-state index < -0.39 is 15.9 Å². The quantitative estimate of drug-likeness (QED) is 0.565. The van der Waals surface area contributed by atoms with Gasteiger partial charge in [0.15, 0.2) is 0 Å². The fourth-order valence-electron chi connectivity index (χ4n) is 2.80. The number of halogens is 2. The molecule has 1 amide bonds. The van der Waals surface area contributed by atoms with Crippen LogP contribution < -0.4 is 5.32 Å². The molecule has 1 N–H and O–H groups in total. The van der Waals surface area contributed by atoms with E-state index in [1.165, 1.54) is 28.6 Å². The Balaban J connectivity index is 2.23. The lowest BCUT2D eigenvalue weighted by molar-refractivity contribution is 0.102. The number of nitrogens with zero attached hydrogens (tertiary/aromatic N) is 1. The second-order valence-electron chi connectivity index (χ2n) is 7.71. The summed E-state index contributed by atoms with van der Waals surface area (Å²) >= 11 is 12.0. The highest BCUT2D eigenvalue weighted by Gasteiger charge is 2.26. The molecular weight excluding hydrogens is 431 g/mol. The van der Waals surface area contributed by atoms with Crippen molar-refractivity contribution in [3.05, 3.63) is 58.1 Å². The van der Waals surface area contributed by atoms with E-state index in [0.29, 0.717) is 34.4 Å². The summed E-state index contributed by atoms with van der Waals surface area (Å²) in [6, 6.07) is 10.7. The maximum absolute atomic E-state index is 13.1. The average molecular weight is 457 g/mol. The molecule has 0 saturated carbocycles. The molecular formula is C21H26Cl2N2O3S. The summed E-state index contributed by atoms with van der Waals surface area (Å²) in [6.07, 6.45) is 0. The number of benzene rings is 2. The molecule has 0 heterocycles. The summed E-state index contributed by atoms with van der Waals surface area (Å²) in [5, 5.41) is 3.49. The maximum atomic E-state index is 13.1. The summed E-state index contributed by atoms with van der Waals surface area (Å²) in [5.74, 6) is 0.00590. The normalized spacial score (nSPS) is 12.0. The molecule has 0 aliphatic rings. The van der Waals surface area contributed by atoms with Crippen molar-refractivity contribution in [2.75, 3.05) is 18.4 Å². The van der Waals surface area contributed by atoms with Crippen LogP contribution in [0.15, 0.2) is 47.4 Å². The second-order valence-corrected chi connectivity index (χ2v) is 10.5. The zero-order chi connectivity index (χ0) is 21.8. The molecule has 0 bridgehead atoms. The number of nitrogens with one attached hydrogen (secondary N) is 1. The van der Waals surface area contributed by atoms with E-state index in [2.05, 4.69) is 5.32 Å². The van der Waals surface area contributed by atoms with Gasteiger partial charge in [-0.3, -0.25) is 4.79 Å². The molecule has 0 spiro atoms. The Morgan fingerprint density at radius 1 is 0.966 bits per heavy atom. The first kappa shape index (κ1) is 23.7. The molecule has 0 fully saturated rings. The lowest BCUT2D eigenvalue weighted by atomic mass is 10.2. The highest BCUT2D eigenvalue weighted by Crippen LogP contribution is 2.26. The molecule has 0 unspecified atom stereocenters. The first-order chi connectivity index (χ1) is 13.5. The molecule has 2 aromatic rings. The van der Waals surface area contributed by atoms with E-state index in [1.807, 2.05) is 27.7 Å². The standard InChI is InChI=1S/C21H26Cl2N2O3S/c1-14(2)12-25(13-15(3)4)29(27,28)18-8-5-16(6-9-18)21(26)24-20-11-17(22)7-10-19(20)23/h5-11,14-15H,12-13H2,1-4H3,(H,24,26). The number of amides is 1. The van der Waals surface area contributed by atoms with Crippen molar-refractivity contribution in [3.8, 4) is 0 Å². The van der Waals surface area contributed by atoms with E-state index >= 15 is 0 Å². The molecule has 158 valence electrons. The Kier molecular flexibility index (Phi) is 8.11. The molecule has 2 aromatic carbocycles. The number of carbonyl (C=O) groups is 1. The highest BCUT2D eigenvalue weighted by molar-refractivity contribution is 7.89. The van der Waals surface area contributed by atoms with Gasteiger partial charge in [0.2, 0.25) is 10.0 Å². The summed E-state index contributed by atoms with van der Waals surface area (Å²) in [6.45, 7) is 8.81. The van der Waals surface area contributed by atoms with Crippen LogP contribution in [0.4, 0.5) is 5.69 Å². The number of anilines is 1. The third-order valence-corrected chi connectivity index (χ3v) is 6.48. The minimum atomic E-state index is -3.64. The van der Waals surface area contributed by atoms with Gasteiger partial charge < -0.3 is 5.32 Å². The van der Waals surface area contributed by atoms with Crippen LogP contribution in [0.5, 0.6) is 0 Å². The molecule has 0 saturated heterocycles. The average Bonchev–Trinajstić information content (AvgIpc) is 2.63. The van der Waals surface area contributed by atoms with E-state index in [0.717, 1.165) is 0 Å². The number of sulfonamides is 1. The van der Waals surface area contributed by atoms with Gasteiger partial charge in [-0.05, 0) is 54.3 Å². The fraction of sp³-hybridized carbons (Fsp3) is 0.381. The van der Waals surface area contributed by atoms with Crippen LogP contribution in [-0.2, 0) is 10.0 Å². The molecule has 8 heteroatoms. The molecule has 5 nitrogen and oxygen atoms in total. The number of hydrogen-bond acceptors (Lipinski definition) is 3. The van der Waals surface area contributed by atoms with Crippen LogP contribution in [-0.4, -0.2) is 31.7 Å². The van der Waals surface area contributed by atoms with Gasteiger partial charge in [0, 0.05) is 23.7 Å². The monoisotopic (exact) mass is 456 g/mol. The number of hydrogen-bond donors (Lipinski definition) is 1. The van der Waals surface area contributed by atoms with E-state index in [9.17, 15) is 13.2 Å². The van der Waals surface area contributed by atoms with Gasteiger partial charge in [-0.2, -0.15) is 4.31 Å². The molecule has 0 aromatic heterocycles. The Labute approximate surface area is 183 Å². The van der Waals surface area contributed by atoms with Crippen molar-refractivity contribution in [3.63, 3.8) is 0 Å². The minimum Gasteiger partial charge on any atom is -0.321 e. The van der Waals surface area contributed by atoms with Crippen LogP contribution in [0.1, 0.15) is 38.1 Å². The first-order valence-electron chi connectivity index (χ1n) is 9.37. The molecule has 2 rings (SSSR count). The van der Waals surface area contributed by atoms with Crippen LogP contribution in [0.3, 0.4) is 0 Å². The minimum absolute atomic E-state index is 0.163. The van der Waals surface area contributed by atoms with Crippen LogP contribution >= 0.6 is 23.2 Å². The maximum Gasteiger partial charge on any atom is 0.255 e. The summed E-state index contributed by atoms with van der Waals surface area (Å²) in [4.78, 5) is 12.7. The smallest absolute Gasteiger partial charge is 0.255 e. The predicted octanol–water partition coefficient (Wildman–Crippen LogP) is 5.55. The summed E-state index contributed by atoms with van der Waals surface area (Å²) < 4.78 is 27.6. The molecule has 0 atom stereocenters. The molecule has 0 aliphatic heterocycles. The van der Waals surface area contributed by atoms with E-state index in [1.54, 1.807) is 18.2 Å². The lowest BCUT2D eigenvalue weighted by Crippen LogP contribution is -2.37. The Hall–Kier alpha value is -1.60. The van der Waals surface area contributed by atoms with Crippen LogP contribution in [0.2, 0.25) is 10.0 Å². The van der Waals surface area contributed by atoms with Crippen molar-refractivity contribution < 1.29 is 13.2 Å². The highest BCUT2D eigenvalue weighted by atomic mass is 35.5. The van der Waals surface area contributed by atoms with Gasteiger partial charge in [-0.15, -0.1) is 0 Å². The molecule has 0 radical (unpaired) electrons. The van der Waals surface area contributed by atoms with Gasteiger partial charge in [-0.1, -0.05) is 50.9 Å². The van der Waals surface area contributed by atoms with Gasteiger partial charge in [0.05, 0.1) is 15.6 Å². The Morgan fingerprint density at radius 2 is 1.52 bits per heavy atom. The van der Waals surface area contributed by atoms with E-state index in [-0.39, 0.29) is 16.7 Å². The van der Waals surface area contributed by atoms with Crippen molar-refractivity contribution in [1.29, 1.82) is 0 Å². The number of rotatable bonds is 8. The Bertz CT molecular complexity index is 948. The third kappa shape index (κ3) is 6.44. The van der Waals surface area contributed by atoms with Crippen molar-refractivity contribution in [2.45, 2.75) is 32.6 Å². The second kappa shape index (κ2) is 9.94. The summed E-state index contributed by atoms with van der Waals surface area (Å²) in [7, 11) is -3.64. The fourth-order valence-corrected chi connectivity index (χ4v) is 4.90. The van der Waals surface area contributed by atoms with Gasteiger partial charge in [0.1, 0.15) is 0 Å². The van der Waals surface area contributed by atoms with Gasteiger partial charge in [-0.25, -0.2) is 8.42 Å². The topological polar surface area (TPSA) is 66.5 Å². The van der Waals surface area contributed by atoms with Crippen LogP contribution in [0.25, 0.3) is 0 Å². The van der Waals surface area contributed by atoms with Crippen molar-refractivity contribution >= 4 is 44.8 Å². The zero-order valence-corrected chi connectivity index (χ0v) is 19.3. The molecule has 0 aliphatic carbocycles. The number of carbonyl (C=O) groups excluding carboxylic acids is 1. The SMILES string of the molecule is CC(C)CN(CC(C)C)S(=O)(=O)c1ccc(C(=O)Nc2cc(Cl)ccc2Cl)cc1. The van der Waals surface area contributed by atoms with Gasteiger partial charge in [0.25, 0.3) is 5.91 Å². The zero-order valence-electron chi connectivity index (χ0n) is 16.9. The van der Waals surface area contributed by atoms with Crippen molar-refractivity contribution in [1.82, 2.24) is 4.31 Å². The predicted molar refractivity (Wildman–Crippen MR) is 119 cm³/mol. The van der Waals surface area contributed by atoms with Crippen LogP contribution in [0, 0.1) is 11.8 Å². The first-order valence-corrected chi connectivity index (χ1v) is 11.6. The van der Waals surface area contributed by atoms with Crippen molar-refractivity contribution in [2.24, 2.45) is 11.8 Å². The Morgan fingerprint density at radius 3 is 2.03 bits per heavy atom.